The predicted octanol–water partition coefficient (Wildman–Crippen LogP) is 1.85. The van der Waals surface area contributed by atoms with Gasteiger partial charge in [0.2, 0.25) is 0 Å². The number of benzene rings is 1. The van der Waals surface area contributed by atoms with Crippen molar-refractivity contribution < 1.29 is 14.7 Å². The molecule has 1 aromatic carbocycles. The smallest absolute Gasteiger partial charge is 0.303 e. The number of hydrogen-bond donors (Lipinski definition) is 1. The van der Waals surface area contributed by atoms with Gasteiger partial charge >= 0.3 is 5.97 Å². The fourth-order valence-electron chi connectivity index (χ4n) is 2.26. The maximum absolute atomic E-state index is 12.2. The number of carbonyl (C=O) groups is 2. The number of aliphatic carboxylic acids is 1. The number of hydrogen-bond acceptors (Lipinski definition) is 2. The summed E-state index contributed by atoms with van der Waals surface area (Å²) < 4.78 is 0. The van der Waals surface area contributed by atoms with Gasteiger partial charge in [0.05, 0.1) is 6.42 Å². The first kappa shape index (κ1) is 12.6. The number of rotatable bonds is 3. The van der Waals surface area contributed by atoms with Crippen molar-refractivity contribution in [3.8, 4) is 0 Å². The highest BCUT2D eigenvalue weighted by Gasteiger charge is 2.32. The Bertz CT molecular complexity index is 490. The van der Waals surface area contributed by atoms with Gasteiger partial charge in [0, 0.05) is 24.6 Å². The van der Waals surface area contributed by atoms with Crippen molar-refractivity contribution in [2.24, 2.45) is 5.92 Å². The molecule has 0 aliphatic carbocycles. The van der Waals surface area contributed by atoms with Crippen LogP contribution in [0.25, 0.3) is 0 Å². The van der Waals surface area contributed by atoms with E-state index in [2.05, 4.69) is 0 Å². The lowest BCUT2D eigenvalue weighted by Gasteiger charge is -2.38. The number of carboxylic acids is 1. The molecule has 4 nitrogen and oxygen atoms in total. The third kappa shape index (κ3) is 2.37. The highest BCUT2D eigenvalue weighted by atomic mass is 16.4. The molecule has 0 bridgehead atoms. The van der Waals surface area contributed by atoms with Crippen molar-refractivity contribution in [1.29, 1.82) is 0 Å². The number of aryl methyl sites for hydroxylation is 1. The highest BCUT2D eigenvalue weighted by molar-refractivity contribution is 5.96. The van der Waals surface area contributed by atoms with Crippen LogP contribution in [0.3, 0.4) is 0 Å². The molecule has 18 heavy (non-hydrogen) atoms. The monoisotopic (exact) mass is 247 g/mol. The van der Waals surface area contributed by atoms with Crippen molar-refractivity contribution in [3.63, 3.8) is 0 Å². The summed E-state index contributed by atoms with van der Waals surface area (Å²) in [5.74, 6) is -0.673. The lowest BCUT2D eigenvalue weighted by atomic mass is 9.94. The van der Waals surface area contributed by atoms with Crippen LogP contribution in [0, 0.1) is 19.8 Å². The van der Waals surface area contributed by atoms with Gasteiger partial charge in [-0.1, -0.05) is 12.1 Å². The van der Waals surface area contributed by atoms with Gasteiger partial charge in [0.15, 0.2) is 0 Å². The molecule has 1 heterocycles. The van der Waals surface area contributed by atoms with Crippen LogP contribution in [0.15, 0.2) is 18.2 Å². The van der Waals surface area contributed by atoms with E-state index in [1.807, 2.05) is 32.0 Å². The Morgan fingerprint density at radius 1 is 1.33 bits per heavy atom. The normalized spacial score (nSPS) is 15.3. The second-order valence-corrected chi connectivity index (χ2v) is 4.92. The Morgan fingerprint density at radius 3 is 2.61 bits per heavy atom. The van der Waals surface area contributed by atoms with Gasteiger partial charge in [0.25, 0.3) is 5.91 Å². The van der Waals surface area contributed by atoms with Crippen LogP contribution >= 0.6 is 0 Å². The van der Waals surface area contributed by atoms with Crippen molar-refractivity contribution in [1.82, 2.24) is 4.90 Å². The van der Waals surface area contributed by atoms with E-state index in [9.17, 15) is 9.59 Å². The molecule has 1 aromatic rings. The second kappa shape index (κ2) is 4.80. The fraction of sp³-hybridized carbons (Fsp3) is 0.429. The standard InChI is InChI=1S/C14H17NO3/c1-9-4-3-5-12(10(9)2)14(18)15-7-11(8-15)6-13(16)17/h3-5,11H,6-8H2,1-2H3,(H,16,17). The van der Waals surface area contributed by atoms with E-state index in [0.29, 0.717) is 13.1 Å². The first-order valence-electron chi connectivity index (χ1n) is 6.06. The minimum atomic E-state index is -0.793. The molecule has 4 heteroatoms. The number of carboxylic acid groups (broad SMARTS) is 1. The van der Waals surface area contributed by atoms with Crippen LogP contribution in [0.5, 0.6) is 0 Å². The van der Waals surface area contributed by atoms with Gasteiger partial charge in [-0.3, -0.25) is 9.59 Å². The van der Waals surface area contributed by atoms with Gasteiger partial charge < -0.3 is 10.0 Å². The third-order valence-electron chi connectivity index (χ3n) is 3.54. The van der Waals surface area contributed by atoms with Gasteiger partial charge in [-0.15, -0.1) is 0 Å². The summed E-state index contributed by atoms with van der Waals surface area (Å²) in [6.07, 6.45) is 0.149. The zero-order valence-corrected chi connectivity index (χ0v) is 10.6. The van der Waals surface area contributed by atoms with Crippen molar-refractivity contribution in [3.05, 3.63) is 34.9 Å². The maximum Gasteiger partial charge on any atom is 0.303 e. The van der Waals surface area contributed by atoms with E-state index in [1.165, 1.54) is 0 Å². The van der Waals surface area contributed by atoms with Crippen LogP contribution < -0.4 is 0 Å². The molecule has 1 aliphatic heterocycles. The average molecular weight is 247 g/mol. The number of amides is 1. The summed E-state index contributed by atoms with van der Waals surface area (Å²) in [5, 5.41) is 8.67. The van der Waals surface area contributed by atoms with Crippen molar-refractivity contribution in [2.75, 3.05) is 13.1 Å². The Hall–Kier alpha value is -1.84. The Morgan fingerprint density at radius 2 is 2.00 bits per heavy atom. The molecule has 96 valence electrons. The largest absolute Gasteiger partial charge is 0.481 e. The van der Waals surface area contributed by atoms with Gasteiger partial charge in [-0.05, 0) is 31.0 Å². The second-order valence-electron chi connectivity index (χ2n) is 4.92. The summed E-state index contributed by atoms with van der Waals surface area (Å²) >= 11 is 0. The fourth-order valence-corrected chi connectivity index (χ4v) is 2.26. The summed E-state index contributed by atoms with van der Waals surface area (Å²) in [6.45, 7) is 5.03. The first-order chi connectivity index (χ1) is 8.49. The van der Waals surface area contributed by atoms with Crippen LogP contribution in [0.4, 0.5) is 0 Å². The molecule has 0 radical (unpaired) electrons. The molecule has 1 amide bonds. The molecule has 0 aromatic heterocycles. The summed E-state index contributed by atoms with van der Waals surface area (Å²) in [5.41, 5.74) is 2.83. The third-order valence-corrected chi connectivity index (χ3v) is 3.54. The van der Waals surface area contributed by atoms with Crippen molar-refractivity contribution in [2.45, 2.75) is 20.3 Å². The van der Waals surface area contributed by atoms with Gasteiger partial charge in [0.1, 0.15) is 0 Å². The minimum absolute atomic E-state index is 0.0119. The number of nitrogens with zero attached hydrogens (tertiary/aromatic N) is 1. The summed E-state index contributed by atoms with van der Waals surface area (Å²) in [6, 6.07) is 5.69. The first-order valence-corrected chi connectivity index (χ1v) is 6.06. The minimum Gasteiger partial charge on any atom is -0.481 e. The molecule has 0 unspecified atom stereocenters. The molecule has 2 rings (SSSR count). The highest BCUT2D eigenvalue weighted by Crippen LogP contribution is 2.23. The zero-order valence-electron chi connectivity index (χ0n) is 10.6. The van der Waals surface area contributed by atoms with Gasteiger partial charge in [-0.25, -0.2) is 0 Å². The van der Waals surface area contributed by atoms with E-state index in [0.717, 1.165) is 16.7 Å². The molecule has 0 spiro atoms. The van der Waals surface area contributed by atoms with Crippen molar-refractivity contribution >= 4 is 11.9 Å². The van der Waals surface area contributed by atoms with Crippen LogP contribution in [-0.2, 0) is 4.79 Å². The van der Waals surface area contributed by atoms with Crippen LogP contribution in [0.1, 0.15) is 27.9 Å². The van der Waals surface area contributed by atoms with E-state index in [-0.39, 0.29) is 18.2 Å². The molecule has 1 N–H and O–H groups in total. The maximum atomic E-state index is 12.2. The number of likely N-dealkylation sites (tertiary alicyclic amines) is 1. The predicted molar refractivity (Wildman–Crippen MR) is 67.6 cm³/mol. The molecular weight excluding hydrogens is 230 g/mol. The van der Waals surface area contributed by atoms with E-state index in [4.69, 9.17) is 5.11 Å². The molecule has 1 aliphatic rings. The average Bonchev–Trinajstić information content (AvgIpc) is 2.25. The Labute approximate surface area is 106 Å². The summed E-state index contributed by atoms with van der Waals surface area (Å²) in [7, 11) is 0. The van der Waals surface area contributed by atoms with E-state index in [1.54, 1.807) is 4.90 Å². The topological polar surface area (TPSA) is 57.6 Å². The van der Waals surface area contributed by atoms with E-state index < -0.39 is 5.97 Å². The lowest BCUT2D eigenvalue weighted by molar-refractivity contribution is -0.139. The lowest BCUT2D eigenvalue weighted by Crippen LogP contribution is -2.50. The van der Waals surface area contributed by atoms with Crippen LogP contribution in [-0.4, -0.2) is 35.0 Å². The molecular formula is C14H17NO3. The number of carbonyl (C=O) groups excluding carboxylic acids is 1. The Balaban J connectivity index is 2.02. The zero-order chi connectivity index (χ0) is 13.3. The quantitative estimate of drug-likeness (QED) is 0.886. The van der Waals surface area contributed by atoms with E-state index >= 15 is 0 Å². The Kier molecular flexibility index (Phi) is 3.36. The molecule has 0 atom stereocenters. The van der Waals surface area contributed by atoms with Crippen LogP contribution in [0.2, 0.25) is 0 Å². The summed E-state index contributed by atoms with van der Waals surface area (Å²) in [4.78, 5) is 24.5. The molecule has 1 saturated heterocycles. The molecule has 0 saturated carbocycles. The van der Waals surface area contributed by atoms with Gasteiger partial charge in [-0.2, -0.15) is 0 Å². The SMILES string of the molecule is Cc1cccc(C(=O)N2CC(CC(=O)O)C2)c1C. The molecule has 1 fully saturated rings.